The van der Waals surface area contributed by atoms with Crippen molar-refractivity contribution in [3.8, 4) is 0 Å². The van der Waals surface area contributed by atoms with Gasteiger partial charge in [-0.2, -0.15) is 0 Å². The molecule has 1 heterocycles. The SMILES string of the molecule is Cc1cccc(N2CCN(C(=O)[C@@H](C)Sc3ccc([N+](=O)[O-])cc3)CC2)c1. The Balaban J connectivity index is 1.54. The number of rotatable bonds is 5. The van der Waals surface area contributed by atoms with Crippen LogP contribution in [0.5, 0.6) is 0 Å². The van der Waals surface area contributed by atoms with Crippen molar-refractivity contribution in [3.05, 3.63) is 64.2 Å². The molecule has 0 aliphatic carbocycles. The van der Waals surface area contributed by atoms with Crippen molar-refractivity contribution in [2.24, 2.45) is 0 Å². The van der Waals surface area contributed by atoms with Crippen LogP contribution in [0.2, 0.25) is 0 Å². The van der Waals surface area contributed by atoms with Crippen molar-refractivity contribution in [1.82, 2.24) is 4.90 Å². The Bertz CT molecular complexity index is 817. The zero-order valence-electron chi connectivity index (χ0n) is 15.5. The van der Waals surface area contributed by atoms with Crippen LogP contribution < -0.4 is 4.90 Å². The van der Waals surface area contributed by atoms with E-state index in [9.17, 15) is 14.9 Å². The fraction of sp³-hybridized carbons (Fsp3) is 0.350. The Labute approximate surface area is 163 Å². The summed E-state index contributed by atoms with van der Waals surface area (Å²) in [7, 11) is 0. The van der Waals surface area contributed by atoms with Crippen LogP contribution in [0.4, 0.5) is 11.4 Å². The van der Waals surface area contributed by atoms with Crippen molar-refractivity contribution in [1.29, 1.82) is 0 Å². The molecule has 0 unspecified atom stereocenters. The summed E-state index contributed by atoms with van der Waals surface area (Å²) in [5.41, 5.74) is 2.50. The Morgan fingerprint density at radius 1 is 1.11 bits per heavy atom. The van der Waals surface area contributed by atoms with Crippen molar-refractivity contribution in [2.75, 3.05) is 31.1 Å². The lowest BCUT2D eigenvalue weighted by Gasteiger charge is -2.37. The lowest BCUT2D eigenvalue weighted by molar-refractivity contribution is -0.384. The number of carbonyl (C=O) groups is 1. The maximum Gasteiger partial charge on any atom is 0.269 e. The zero-order chi connectivity index (χ0) is 19.4. The predicted molar refractivity (Wildman–Crippen MR) is 108 cm³/mol. The average Bonchev–Trinajstić information content (AvgIpc) is 2.68. The molecular formula is C20H23N3O3S. The number of benzene rings is 2. The van der Waals surface area contributed by atoms with E-state index >= 15 is 0 Å². The first-order valence-electron chi connectivity index (χ1n) is 8.95. The van der Waals surface area contributed by atoms with E-state index < -0.39 is 4.92 Å². The lowest BCUT2D eigenvalue weighted by Crippen LogP contribution is -2.50. The van der Waals surface area contributed by atoms with Gasteiger partial charge in [-0.15, -0.1) is 11.8 Å². The van der Waals surface area contributed by atoms with Crippen LogP contribution in [0.15, 0.2) is 53.4 Å². The van der Waals surface area contributed by atoms with Gasteiger partial charge in [0.25, 0.3) is 5.69 Å². The van der Waals surface area contributed by atoms with Crippen LogP contribution in [-0.4, -0.2) is 47.2 Å². The second-order valence-electron chi connectivity index (χ2n) is 6.66. The fourth-order valence-electron chi connectivity index (χ4n) is 3.17. The van der Waals surface area contributed by atoms with Crippen molar-refractivity contribution in [2.45, 2.75) is 24.0 Å². The molecule has 0 aromatic heterocycles. The Hall–Kier alpha value is -2.54. The van der Waals surface area contributed by atoms with Gasteiger partial charge in [-0.3, -0.25) is 14.9 Å². The third kappa shape index (κ3) is 4.80. The van der Waals surface area contributed by atoms with Gasteiger partial charge < -0.3 is 9.80 Å². The smallest absolute Gasteiger partial charge is 0.269 e. The van der Waals surface area contributed by atoms with E-state index in [2.05, 4.69) is 36.1 Å². The lowest BCUT2D eigenvalue weighted by atomic mass is 10.2. The number of thioether (sulfide) groups is 1. The highest BCUT2D eigenvalue weighted by Crippen LogP contribution is 2.27. The predicted octanol–water partition coefficient (Wildman–Crippen LogP) is 3.73. The highest BCUT2D eigenvalue weighted by molar-refractivity contribution is 8.00. The molecule has 1 saturated heterocycles. The number of aryl methyl sites for hydroxylation is 1. The van der Waals surface area contributed by atoms with Crippen molar-refractivity contribution < 1.29 is 9.72 Å². The number of anilines is 1. The number of nitro groups is 1. The Kier molecular flexibility index (Phi) is 6.01. The van der Waals surface area contributed by atoms with Gasteiger partial charge in [0.1, 0.15) is 0 Å². The molecule has 0 spiro atoms. The monoisotopic (exact) mass is 385 g/mol. The highest BCUT2D eigenvalue weighted by Gasteiger charge is 2.25. The molecule has 0 saturated carbocycles. The van der Waals surface area contributed by atoms with Crippen LogP contribution in [-0.2, 0) is 4.79 Å². The molecule has 1 amide bonds. The molecule has 7 heteroatoms. The summed E-state index contributed by atoms with van der Waals surface area (Å²) >= 11 is 1.44. The quantitative estimate of drug-likeness (QED) is 0.446. The highest BCUT2D eigenvalue weighted by atomic mass is 32.2. The Morgan fingerprint density at radius 2 is 1.78 bits per heavy atom. The number of hydrogen-bond donors (Lipinski definition) is 0. The summed E-state index contributed by atoms with van der Waals surface area (Å²) in [5, 5.41) is 10.5. The van der Waals surface area contributed by atoms with Gasteiger partial charge in [0.2, 0.25) is 5.91 Å². The van der Waals surface area contributed by atoms with E-state index in [-0.39, 0.29) is 16.8 Å². The first-order chi connectivity index (χ1) is 12.9. The van der Waals surface area contributed by atoms with Crippen LogP contribution in [0.25, 0.3) is 0 Å². The first-order valence-corrected chi connectivity index (χ1v) is 9.83. The molecule has 3 rings (SSSR count). The average molecular weight is 385 g/mol. The van der Waals surface area contributed by atoms with Crippen molar-refractivity contribution >= 4 is 29.0 Å². The topological polar surface area (TPSA) is 66.7 Å². The molecule has 2 aromatic carbocycles. The van der Waals surface area contributed by atoms with Gasteiger partial charge >= 0.3 is 0 Å². The number of carbonyl (C=O) groups excluding carboxylic acids is 1. The number of non-ortho nitro benzene ring substituents is 1. The molecular weight excluding hydrogens is 362 g/mol. The van der Waals surface area contributed by atoms with Crippen LogP contribution in [0, 0.1) is 17.0 Å². The molecule has 0 radical (unpaired) electrons. The number of amides is 1. The molecule has 27 heavy (non-hydrogen) atoms. The minimum Gasteiger partial charge on any atom is -0.368 e. The minimum atomic E-state index is -0.420. The van der Waals surface area contributed by atoms with E-state index in [0.29, 0.717) is 13.1 Å². The second-order valence-corrected chi connectivity index (χ2v) is 8.08. The molecule has 142 valence electrons. The molecule has 2 aromatic rings. The van der Waals surface area contributed by atoms with Crippen LogP contribution in [0.3, 0.4) is 0 Å². The second kappa shape index (κ2) is 8.43. The van der Waals surface area contributed by atoms with Gasteiger partial charge in [-0.1, -0.05) is 12.1 Å². The third-order valence-electron chi connectivity index (χ3n) is 4.67. The first kappa shape index (κ1) is 19.2. The van der Waals surface area contributed by atoms with E-state index in [0.717, 1.165) is 18.0 Å². The van der Waals surface area contributed by atoms with Gasteiger partial charge in [0, 0.05) is 48.9 Å². The molecule has 0 N–H and O–H groups in total. The summed E-state index contributed by atoms with van der Waals surface area (Å²) in [6.07, 6.45) is 0. The summed E-state index contributed by atoms with van der Waals surface area (Å²) < 4.78 is 0. The maximum absolute atomic E-state index is 12.8. The number of hydrogen-bond acceptors (Lipinski definition) is 5. The molecule has 0 bridgehead atoms. The summed E-state index contributed by atoms with van der Waals surface area (Å²) in [6.45, 7) is 7.03. The maximum atomic E-state index is 12.8. The molecule has 1 aliphatic heterocycles. The van der Waals surface area contributed by atoms with Crippen molar-refractivity contribution in [3.63, 3.8) is 0 Å². The largest absolute Gasteiger partial charge is 0.368 e. The molecule has 6 nitrogen and oxygen atoms in total. The summed E-state index contributed by atoms with van der Waals surface area (Å²) in [5.74, 6) is 0.113. The van der Waals surface area contributed by atoms with Gasteiger partial charge in [0.05, 0.1) is 10.2 Å². The van der Waals surface area contributed by atoms with E-state index in [4.69, 9.17) is 0 Å². The van der Waals surface area contributed by atoms with Gasteiger partial charge in [0.15, 0.2) is 0 Å². The van der Waals surface area contributed by atoms with E-state index in [1.807, 2.05) is 11.8 Å². The minimum absolute atomic E-state index is 0.0607. The van der Waals surface area contributed by atoms with E-state index in [1.165, 1.54) is 35.1 Å². The standard InChI is InChI=1S/C20H23N3O3S/c1-15-4-3-5-18(14-15)21-10-12-22(13-11-21)20(24)16(2)27-19-8-6-17(7-9-19)23(25)26/h3-9,14,16H,10-13H2,1-2H3/t16-/m1/s1. The summed E-state index contributed by atoms with van der Waals surface area (Å²) in [6, 6.07) is 14.8. The van der Waals surface area contributed by atoms with Crippen LogP contribution in [0.1, 0.15) is 12.5 Å². The van der Waals surface area contributed by atoms with Crippen LogP contribution >= 0.6 is 11.8 Å². The zero-order valence-corrected chi connectivity index (χ0v) is 16.3. The fourth-order valence-corrected chi connectivity index (χ4v) is 4.12. The molecule has 1 aliphatic rings. The third-order valence-corrected chi connectivity index (χ3v) is 5.77. The molecule has 1 atom stereocenters. The summed E-state index contributed by atoms with van der Waals surface area (Å²) in [4.78, 5) is 28.1. The normalized spacial score (nSPS) is 15.5. The van der Waals surface area contributed by atoms with E-state index in [1.54, 1.807) is 12.1 Å². The van der Waals surface area contributed by atoms with Gasteiger partial charge in [-0.05, 0) is 43.7 Å². The number of nitrogens with zero attached hydrogens (tertiary/aromatic N) is 3. The molecule has 1 fully saturated rings. The van der Waals surface area contributed by atoms with Gasteiger partial charge in [-0.25, -0.2) is 0 Å². The number of piperazine rings is 1. The number of nitro benzene ring substituents is 1. The Morgan fingerprint density at radius 3 is 2.37 bits per heavy atom.